The highest BCUT2D eigenvalue weighted by atomic mass is 16.7. The number of rotatable bonds is 3. The van der Waals surface area contributed by atoms with E-state index in [1.54, 1.807) is 0 Å². The van der Waals surface area contributed by atoms with Crippen LogP contribution in [0, 0.1) is 11.3 Å². The second-order valence-electron chi connectivity index (χ2n) is 3.38. The summed E-state index contributed by atoms with van der Waals surface area (Å²) >= 11 is 0. The number of ether oxygens (including phenoxy) is 2. The first-order valence-corrected chi connectivity index (χ1v) is 4.35. The molecule has 0 N–H and O–H groups in total. The van der Waals surface area contributed by atoms with Crippen LogP contribution in [0.1, 0.15) is 33.1 Å². The van der Waals surface area contributed by atoms with Crippen LogP contribution in [0.2, 0.25) is 0 Å². The minimum absolute atomic E-state index is 0.192. The van der Waals surface area contributed by atoms with E-state index in [1.807, 2.05) is 13.8 Å². The van der Waals surface area contributed by atoms with Gasteiger partial charge >= 0.3 is 0 Å². The molecule has 1 rings (SSSR count). The highest BCUT2D eigenvalue weighted by molar-refractivity contribution is 4.76. The van der Waals surface area contributed by atoms with Crippen molar-refractivity contribution >= 4 is 0 Å². The van der Waals surface area contributed by atoms with E-state index in [0.717, 1.165) is 12.8 Å². The van der Waals surface area contributed by atoms with E-state index in [4.69, 9.17) is 14.7 Å². The molecule has 1 aliphatic rings. The standard InChI is InChI=1S/C9H15NO2/c1-8-7-11-9(2,12-8)5-3-4-6-10/h8H,3-5,7H2,1-2H3. The van der Waals surface area contributed by atoms with Gasteiger partial charge in [0.15, 0.2) is 5.79 Å². The Balaban J connectivity index is 2.26. The van der Waals surface area contributed by atoms with Crippen molar-refractivity contribution in [3.63, 3.8) is 0 Å². The highest BCUT2D eigenvalue weighted by Gasteiger charge is 2.34. The van der Waals surface area contributed by atoms with Gasteiger partial charge in [0, 0.05) is 12.8 Å². The minimum atomic E-state index is -0.434. The molecule has 0 bridgehead atoms. The summed E-state index contributed by atoms with van der Waals surface area (Å²) in [7, 11) is 0. The van der Waals surface area contributed by atoms with Crippen LogP contribution < -0.4 is 0 Å². The molecule has 0 radical (unpaired) electrons. The van der Waals surface area contributed by atoms with Crippen molar-refractivity contribution in [2.24, 2.45) is 0 Å². The molecule has 1 heterocycles. The largest absolute Gasteiger partial charge is 0.348 e. The molecule has 2 unspecified atom stereocenters. The zero-order valence-electron chi connectivity index (χ0n) is 7.67. The summed E-state index contributed by atoms with van der Waals surface area (Å²) in [4.78, 5) is 0. The smallest absolute Gasteiger partial charge is 0.166 e. The fourth-order valence-electron chi connectivity index (χ4n) is 1.41. The van der Waals surface area contributed by atoms with E-state index in [0.29, 0.717) is 13.0 Å². The van der Waals surface area contributed by atoms with E-state index in [-0.39, 0.29) is 6.10 Å². The van der Waals surface area contributed by atoms with Crippen molar-refractivity contribution in [1.82, 2.24) is 0 Å². The van der Waals surface area contributed by atoms with Gasteiger partial charge in [-0.05, 0) is 20.3 Å². The maximum Gasteiger partial charge on any atom is 0.166 e. The van der Waals surface area contributed by atoms with Gasteiger partial charge in [0.25, 0.3) is 0 Å². The van der Waals surface area contributed by atoms with Crippen LogP contribution >= 0.6 is 0 Å². The lowest BCUT2D eigenvalue weighted by atomic mass is 10.1. The Morgan fingerprint density at radius 1 is 1.67 bits per heavy atom. The van der Waals surface area contributed by atoms with E-state index in [1.165, 1.54) is 0 Å². The van der Waals surface area contributed by atoms with Gasteiger partial charge in [0.05, 0.1) is 18.8 Å². The Bertz CT molecular complexity index is 187. The lowest BCUT2D eigenvalue weighted by Gasteiger charge is -2.21. The predicted molar refractivity (Wildman–Crippen MR) is 44.4 cm³/mol. The van der Waals surface area contributed by atoms with Crippen molar-refractivity contribution in [2.45, 2.75) is 45.0 Å². The summed E-state index contributed by atoms with van der Waals surface area (Å²) in [5.74, 6) is -0.434. The molecule has 2 atom stereocenters. The molecule has 0 saturated carbocycles. The summed E-state index contributed by atoms with van der Waals surface area (Å²) in [6.07, 6.45) is 2.43. The van der Waals surface area contributed by atoms with Crippen LogP contribution in [0.25, 0.3) is 0 Å². The molecule has 3 heteroatoms. The predicted octanol–water partition coefficient (Wildman–Crippen LogP) is 1.83. The Morgan fingerprint density at radius 3 is 2.92 bits per heavy atom. The molecule has 68 valence electrons. The van der Waals surface area contributed by atoms with Crippen molar-refractivity contribution < 1.29 is 9.47 Å². The number of hydrogen-bond acceptors (Lipinski definition) is 3. The fraction of sp³-hybridized carbons (Fsp3) is 0.889. The molecule has 1 fully saturated rings. The molecule has 1 aliphatic heterocycles. The maximum absolute atomic E-state index is 8.34. The molecule has 3 nitrogen and oxygen atoms in total. The average molecular weight is 169 g/mol. The second-order valence-corrected chi connectivity index (χ2v) is 3.38. The van der Waals surface area contributed by atoms with E-state index >= 15 is 0 Å². The SMILES string of the molecule is CC1COC(C)(CCCC#N)O1. The first kappa shape index (κ1) is 9.50. The molecule has 0 aromatic rings. The molecule has 0 spiro atoms. The third-order valence-corrected chi connectivity index (χ3v) is 1.99. The molecule has 0 aliphatic carbocycles. The Kier molecular flexibility index (Phi) is 3.07. The Morgan fingerprint density at radius 2 is 2.42 bits per heavy atom. The molecule has 1 saturated heterocycles. The van der Waals surface area contributed by atoms with Crippen molar-refractivity contribution in [2.75, 3.05) is 6.61 Å². The van der Waals surface area contributed by atoms with Gasteiger partial charge in [0.1, 0.15) is 0 Å². The molecular weight excluding hydrogens is 154 g/mol. The van der Waals surface area contributed by atoms with E-state index in [9.17, 15) is 0 Å². The van der Waals surface area contributed by atoms with Gasteiger partial charge < -0.3 is 9.47 Å². The van der Waals surface area contributed by atoms with Gasteiger partial charge in [0.2, 0.25) is 0 Å². The van der Waals surface area contributed by atoms with Gasteiger partial charge in [-0.25, -0.2) is 0 Å². The summed E-state index contributed by atoms with van der Waals surface area (Å²) < 4.78 is 11.0. The van der Waals surface area contributed by atoms with Crippen LogP contribution in [0.4, 0.5) is 0 Å². The molecule has 0 aromatic carbocycles. The molecule has 0 amide bonds. The topological polar surface area (TPSA) is 42.2 Å². The van der Waals surface area contributed by atoms with Crippen LogP contribution in [0.5, 0.6) is 0 Å². The third-order valence-electron chi connectivity index (χ3n) is 1.99. The van der Waals surface area contributed by atoms with E-state index in [2.05, 4.69) is 6.07 Å². The Hall–Kier alpha value is -0.590. The third kappa shape index (κ3) is 2.47. The summed E-state index contributed by atoms with van der Waals surface area (Å²) in [5, 5.41) is 8.34. The first-order valence-electron chi connectivity index (χ1n) is 4.35. The van der Waals surface area contributed by atoms with Crippen LogP contribution in [-0.4, -0.2) is 18.5 Å². The lowest BCUT2D eigenvalue weighted by molar-refractivity contribution is -0.156. The summed E-state index contributed by atoms with van der Waals surface area (Å²) in [5.41, 5.74) is 0. The molecule has 12 heavy (non-hydrogen) atoms. The fourth-order valence-corrected chi connectivity index (χ4v) is 1.41. The van der Waals surface area contributed by atoms with Gasteiger partial charge in [-0.1, -0.05) is 0 Å². The number of nitriles is 1. The van der Waals surface area contributed by atoms with E-state index < -0.39 is 5.79 Å². The maximum atomic E-state index is 8.34. The minimum Gasteiger partial charge on any atom is -0.348 e. The molecule has 0 aromatic heterocycles. The summed E-state index contributed by atoms with van der Waals surface area (Å²) in [6, 6.07) is 2.11. The van der Waals surface area contributed by atoms with Gasteiger partial charge in [-0.3, -0.25) is 0 Å². The summed E-state index contributed by atoms with van der Waals surface area (Å²) in [6.45, 7) is 4.60. The normalized spacial score (nSPS) is 34.9. The van der Waals surface area contributed by atoms with Crippen LogP contribution in [0.3, 0.4) is 0 Å². The van der Waals surface area contributed by atoms with Crippen molar-refractivity contribution in [3.8, 4) is 6.07 Å². The zero-order chi connectivity index (χ0) is 9.03. The second kappa shape index (κ2) is 3.88. The first-order chi connectivity index (χ1) is 5.66. The van der Waals surface area contributed by atoms with Gasteiger partial charge in [-0.2, -0.15) is 5.26 Å². The van der Waals surface area contributed by atoms with Crippen LogP contribution in [0.15, 0.2) is 0 Å². The average Bonchev–Trinajstić information content (AvgIpc) is 2.32. The highest BCUT2D eigenvalue weighted by Crippen LogP contribution is 2.27. The number of hydrogen-bond donors (Lipinski definition) is 0. The van der Waals surface area contributed by atoms with Crippen molar-refractivity contribution in [3.05, 3.63) is 0 Å². The van der Waals surface area contributed by atoms with Crippen molar-refractivity contribution in [1.29, 1.82) is 5.26 Å². The quantitative estimate of drug-likeness (QED) is 0.605. The monoisotopic (exact) mass is 169 g/mol. The lowest BCUT2D eigenvalue weighted by Crippen LogP contribution is -2.25. The Labute approximate surface area is 73.3 Å². The molecular formula is C9H15NO2. The van der Waals surface area contributed by atoms with Gasteiger partial charge in [-0.15, -0.1) is 0 Å². The number of nitrogens with zero attached hydrogens (tertiary/aromatic N) is 1. The van der Waals surface area contributed by atoms with Crippen LogP contribution in [-0.2, 0) is 9.47 Å². The zero-order valence-corrected chi connectivity index (χ0v) is 7.67. The number of unbranched alkanes of at least 4 members (excludes halogenated alkanes) is 1.